The summed E-state index contributed by atoms with van der Waals surface area (Å²) in [6.07, 6.45) is 0.874. The van der Waals surface area contributed by atoms with Crippen molar-refractivity contribution in [1.29, 1.82) is 0 Å². The number of halogens is 1. The Morgan fingerprint density at radius 1 is 1.31 bits per heavy atom. The van der Waals surface area contributed by atoms with Crippen molar-refractivity contribution in [2.45, 2.75) is 13.0 Å². The Morgan fingerprint density at radius 3 is 2.77 bits per heavy atom. The number of hydrogen-bond donors (Lipinski definition) is 1. The van der Waals surface area contributed by atoms with Gasteiger partial charge in [0, 0.05) is 23.9 Å². The van der Waals surface area contributed by atoms with E-state index in [1.54, 1.807) is 0 Å². The zero-order chi connectivity index (χ0) is 9.52. The van der Waals surface area contributed by atoms with Gasteiger partial charge in [0.05, 0.1) is 0 Å². The van der Waals surface area contributed by atoms with Crippen LogP contribution in [0.5, 0.6) is 0 Å². The number of nitrogens with two attached hydrogens (primary N) is 1. The fraction of sp³-hybridized carbons (Fsp3) is 0.273. The van der Waals surface area contributed by atoms with Gasteiger partial charge in [-0.3, -0.25) is 0 Å². The maximum absolute atomic E-state index is 5.58. The molecular formula is C11H12BrN. The summed E-state index contributed by atoms with van der Waals surface area (Å²) in [4.78, 5) is 0. The molecule has 0 bridgehead atoms. The molecule has 68 valence electrons. The topological polar surface area (TPSA) is 26.0 Å². The number of rotatable bonds is 2. The lowest BCUT2D eigenvalue weighted by molar-refractivity contribution is 1.06. The van der Waals surface area contributed by atoms with Crippen LogP contribution >= 0.6 is 15.9 Å². The maximum Gasteiger partial charge on any atom is 0.0290 e. The molecule has 0 fully saturated rings. The lowest BCUT2D eigenvalue weighted by atomic mass is 10.1. The van der Waals surface area contributed by atoms with E-state index in [1.807, 2.05) is 24.3 Å². The minimum absolute atomic E-state index is 0.555. The van der Waals surface area contributed by atoms with Crippen LogP contribution in [0.3, 0.4) is 0 Å². The molecule has 1 rings (SSSR count). The average Bonchev–Trinajstić information content (AvgIpc) is 2.19. The second-order valence-corrected chi connectivity index (χ2v) is 3.40. The SMILES string of the molecule is NCc1ccccc1C#CCCBr. The quantitative estimate of drug-likeness (QED) is 0.620. The van der Waals surface area contributed by atoms with Crippen LogP contribution < -0.4 is 5.73 Å². The van der Waals surface area contributed by atoms with Crippen molar-refractivity contribution in [2.24, 2.45) is 5.73 Å². The first-order valence-electron chi connectivity index (χ1n) is 4.21. The zero-order valence-corrected chi connectivity index (χ0v) is 8.97. The molecule has 1 nitrogen and oxygen atoms in total. The Balaban J connectivity index is 2.82. The molecule has 0 saturated heterocycles. The van der Waals surface area contributed by atoms with Gasteiger partial charge in [0.15, 0.2) is 0 Å². The van der Waals surface area contributed by atoms with Gasteiger partial charge in [-0.15, -0.1) is 0 Å². The van der Waals surface area contributed by atoms with Crippen molar-refractivity contribution < 1.29 is 0 Å². The van der Waals surface area contributed by atoms with Crippen molar-refractivity contribution in [2.75, 3.05) is 5.33 Å². The standard InChI is InChI=1S/C11H12BrN/c12-8-4-3-6-10-5-1-2-7-11(10)9-13/h1-2,5,7H,4,8-9,13H2. The highest BCUT2D eigenvalue weighted by Gasteiger charge is 1.93. The first-order valence-corrected chi connectivity index (χ1v) is 5.33. The van der Waals surface area contributed by atoms with Crippen molar-refractivity contribution in [1.82, 2.24) is 0 Å². The third-order valence-electron chi connectivity index (χ3n) is 1.68. The van der Waals surface area contributed by atoms with Crippen LogP contribution in [-0.4, -0.2) is 5.33 Å². The number of alkyl halides is 1. The molecule has 13 heavy (non-hydrogen) atoms. The molecule has 2 N–H and O–H groups in total. The Bertz CT molecular complexity index is 322. The van der Waals surface area contributed by atoms with E-state index in [9.17, 15) is 0 Å². The van der Waals surface area contributed by atoms with E-state index in [-0.39, 0.29) is 0 Å². The van der Waals surface area contributed by atoms with E-state index in [1.165, 1.54) is 0 Å². The molecule has 0 aliphatic heterocycles. The fourth-order valence-electron chi connectivity index (χ4n) is 1.03. The van der Waals surface area contributed by atoms with Crippen LogP contribution in [0.4, 0.5) is 0 Å². The fourth-order valence-corrected chi connectivity index (χ4v) is 1.22. The van der Waals surface area contributed by atoms with Crippen molar-refractivity contribution in [3.8, 4) is 11.8 Å². The Hall–Kier alpha value is -0.780. The first-order chi connectivity index (χ1) is 6.38. The predicted molar refractivity (Wildman–Crippen MR) is 59.6 cm³/mol. The van der Waals surface area contributed by atoms with Gasteiger partial charge >= 0.3 is 0 Å². The summed E-state index contributed by atoms with van der Waals surface area (Å²) in [5.74, 6) is 6.18. The van der Waals surface area contributed by atoms with E-state index >= 15 is 0 Å². The molecule has 0 amide bonds. The maximum atomic E-state index is 5.58. The molecule has 0 spiro atoms. The highest BCUT2D eigenvalue weighted by Crippen LogP contribution is 2.05. The molecule has 0 aliphatic rings. The lowest BCUT2D eigenvalue weighted by Crippen LogP contribution is -1.98. The second-order valence-electron chi connectivity index (χ2n) is 2.60. The summed E-state index contributed by atoms with van der Waals surface area (Å²) in [5, 5.41) is 0.921. The normalized spacial score (nSPS) is 9.08. The van der Waals surface area contributed by atoms with Crippen LogP contribution in [0.15, 0.2) is 24.3 Å². The third-order valence-corrected chi connectivity index (χ3v) is 2.08. The number of hydrogen-bond acceptors (Lipinski definition) is 1. The molecule has 0 heterocycles. The van der Waals surface area contributed by atoms with E-state index in [0.29, 0.717) is 6.54 Å². The summed E-state index contributed by atoms with van der Waals surface area (Å²) >= 11 is 3.33. The molecule has 0 saturated carbocycles. The predicted octanol–water partition coefficient (Wildman–Crippen LogP) is 2.28. The smallest absolute Gasteiger partial charge is 0.0290 e. The largest absolute Gasteiger partial charge is 0.326 e. The van der Waals surface area contributed by atoms with E-state index in [4.69, 9.17) is 5.73 Å². The van der Waals surface area contributed by atoms with Gasteiger partial charge in [0.1, 0.15) is 0 Å². The third kappa shape index (κ3) is 3.22. The number of benzene rings is 1. The summed E-state index contributed by atoms with van der Waals surface area (Å²) < 4.78 is 0. The van der Waals surface area contributed by atoms with Crippen LogP contribution in [0.1, 0.15) is 17.5 Å². The van der Waals surface area contributed by atoms with Gasteiger partial charge in [0.25, 0.3) is 0 Å². The van der Waals surface area contributed by atoms with Gasteiger partial charge in [-0.2, -0.15) is 0 Å². The highest BCUT2D eigenvalue weighted by atomic mass is 79.9. The summed E-state index contributed by atoms with van der Waals surface area (Å²) in [7, 11) is 0. The summed E-state index contributed by atoms with van der Waals surface area (Å²) in [6.45, 7) is 0.555. The molecular weight excluding hydrogens is 226 g/mol. The molecule has 0 atom stereocenters. The van der Waals surface area contributed by atoms with Crippen LogP contribution in [0, 0.1) is 11.8 Å². The monoisotopic (exact) mass is 237 g/mol. The Morgan fingerprint density at radius 2 is 2.08 bits per heavy atom. The second kappa shape index (κ2) is 5.80. The molecule has 1 aromatic carbocycles. The van der Waals surface area contributed by atoms with Crippen LogP contribution in [0.2, 0.25) is 0 Å². The minimum atomic E-state index is 0.555. The lowest BCUT2D eigenvalue weighted by Gasteiger charge is -1.98. The van der Waals surface area contributed by atoms with Gasteiger partial charge in [0.2, 0.25) is 0 Å². The molecule has 0 unspecified atom stereocenters. The molecule has 2 heteroatoms. The molecule has 0 aliphatic carbocycles. The molecule has 1 aromatic rings. The zero-order valence-electron chi connectivity index (χ0n) is 7.39. The average molecular weight is 238 g/mol. The Kier molecular flexibility index (Phi) is 4.59. The van der Waals surface area contributed by atoms with Crippen molar-refractivity contribution in [3.05, 3.63) is 35.4 Å². The van der Waals surface area contributed by atoms with Crippen molar-refractivity contribution >= 4 is 15.9 Å². The van der Waals surface area contributed by atoms with Crippen LogP contribution in [-0.2, 0) is 6.54 Å². The van der Waals surface area contributed by atoms with Gasteiger partial charge in [-0.25, -0.2) is 0 Å². The van der Waals surface area contributed by atoms with Crippen molar-refractivity contribution in [3.63, 3.8) is 0 Å². The first kappa shape index (κ1) is 10.3. The van der Waals surface area contributed by atoms with Gasteiger partial charge in [-0.05, 0) is 11.6 Å². The van der Waals surface area contributed by atoms with Crippen LogP contribution in [0.25, 0.3) is 0 Å². The van der Waals surface area contributed by atoms with Gasteiger partial charge in [-0.1, -0.05) is 46.0 Å². The molecule has 0 aromatic heterocycles. The Labute approximate surface area is 87.5 Å². The molecule has 0 radical (unpaired) electrons. The van der Waals surface area contributed by atoms with Gasteiger partial charge < -0.3 is 5.73 Å². The van der Waals surface area contributed by atoms with E-state index < -0.39 is 0 Å². The van der Waals surface area contributed by atoms with E-state index in [2.05, 4.69) is 27.8 Å². The minimum Gasteiger partial charge on any atom is -0.326 e. The summed E-state index contributed by atoms with van der Waals surface area (Å²) in [5.41, 5.74) is 7.74. The highest BCUT2D eigenvalue weighted by molar-refractivity contribution is 9.09. The summed E-state index contributed by atoms with van der Waals surface area (Å²) in [6, 6.07) is 7.98. The van der Waals surface area contributed by atoms with E-state index in [0.717, 1.165) is 22.9 Å².